The third-order valence-corrected chi connectivity index (χ3v) is 1.56. The van der Waals surface area contributed by atoms with Crippen molar-refractivity contribution in [2.45, 2.75) is 0 Å². The number of halogens is 1. The molecule has 2 aliphatic heterocycles. The third kappa shape index (κ3) is 0.732. The van der Waals surface area contributed by atoms with E-state index in [-0.39, 0.29) is 0 Å². The number of guanidine groups is 1. The summed E-state index contributed by atoms with van der Waals surface area (Å²) in [5, 5.41) is 2.24. The van der Waals surface area contributed by atoms with Crippen LogP contribution in [0.2, 0.25) is 0 Å². The first kappa shape index (κ1) is 5.88. The average molecular weight is 157 g/mol. The van der Waals surface area contributed by atoms with Crippen molar-refractivity contribution in [3.8, 4) is 0 Å². The van der Waals surface area contributed by atoms with Gasteiger partial charge in [0, 0.05) is 6.21 Å². The predicted molar refractivity (Wildman–Crippen MR) is 39.7 cm³/mol. The lowest BCUT2D eigenvalue weighted by atomic mass is 10.6. The zero-order chi connectivity index (χ0) is 6.97. The molecule has 0 aromatic carbocycles. The topological polar surface area (TPSA) is 40.0 Å². The number of fused-ring (bicyclic) bond motifs is 1. The van der Waals surface area contributed by atoms with E-state index in [1.54, 1.807) is 17.3 Å². The molecule has 0 radical (unpaired) electrons. The minimum absolute atomic E-state index is 0.552. The number of hydrogen-bond donors (Lipinski definition) is 1. The lowest BCUT2D eigenvalue weighted by Gasteiger charge is -2.17. The number of aliphatic imine (C=N–C) groups is 2. The Morgan fingerprint density at radius 1 is 1.70 bits per heavy atom. The van der Waals surface area contributed by atoms with Crippen LogP contribution in [0.4, 0.5) is 0 Å². The Kier molecular flexibility index (Phi) is 1.22. The van der Waals surface area contributed by atoms with Crippen molar-refractivity contribution in [3.05, 3.63) is 11.2 Å². The van der Waals surface area contributed by atoms with E-state index in [1.807, 2.05) is 0 Å². The molecule has 0 amide bonds. The second kappa shape index (κ2) is 2.07. The normalized spacial score (nSPS) is 22.3. The van der Waals surface area contributed by atoms with Crippen LogP contribution in [0, 0.1) is 0 Å². The van der Waals surface area contributed by atoms with Crippen LogP contribution in [0.1, 0.15) is 0 Å². The van der Waals surface area contributed by atoms with Crippen LogP contribution in [0.25, 0.3) is 0 Å². The first-order valence-electron chi connectivity index (χ1n) is 2.86. The molecule has 0 spiro atoms. The van der Waals surface area contributed by atoms with Crippen molar-refractivity contribution in [1.29, 1.82) is 0 Å². The van der Waals surface area contributed by atoms with E-state index in [0.717, 1.165) is 0 Å². The van der Waals surface area contributed by atoms with Crippen LogP contribution < -0.4 is 5.43 Å². The van der Waals surface area contributed by atoms with Crippen molar-refractivity contribution < 1.29 is 0 Å². The van der Waals surface area contributed by atoms with E-state index < -0.39 is 0 Å². The molecular weight excluding hydrogens is 152 g/mol. The van der Waals surface area contributed by atoms with Gasteiger partial charge in [-0.2, -0.15) is 0 Å². The average Bonchev–Trinajstić information content (AvgIpc) is 2.36. The molecule has 52 valence electrons. The first-order chi connectivity index (χ1) is 4.88. The van der Waals surface area contributed by atoms with Gasteiger partial charge in [0.15, 0.2) is 0 Å². The standard InChI is InChI=1S/C5H5ClN4/c6-4-1-2-7-5-8-3-9-10(4)5/h1-2,9H,3H2. The Bertz CT molecular complexity index is 242. The summed E-state index contributed by atoms with van der Waals surface area (Å²) in [6.07, 6.45) is 3.34. The molecule has 10 heavy (non-hydrogen) atoms. The number of nitrogens with one attached hydrogen (secondary N) is 1. The highest BCUT2D eigenvalue weighted by Crippen LogP contribution is 2.13. The fourth-order valence-electron chi connectivity index (χ4n) is 0.828. The minimum atomic E-state index is 0.552. The molecule has 0 fully saturated rings. The Morgan fingerprint density at radius 2 is 2.60 bits per heavy atom. The molecule has 0 saturated heterocycles. The summed E-state index contributed by atoms with van der Waals surface area (Å²) < 4.78 is 0. The molecule has 0 aliphatic carbocycles. The Morgan fingerprint density at radius 3 is 3.40 bits per heavy atom. The van der Waals surface area contributed by atoms with Gasteiger partial charge in [0.2, 0.25) is 5.96 Å². The summed E-state index contributed by atoms with van der Waals surface area (Å²) in [6.45, 7) is 0.552. The quantitative estimate of drug-likeness (QED) is 0.512. The van der Waals surface area contributed by atoms with Gasteiger partial charge in [-0.25, -0.2) is 20.4 Å². The van der Waals surface area contributed by atoms with Gasteiger partial charge >= 0.3 is 0 Å². The molecule has 5 heteroatoms. The second-order valence-corrected chi connectivity index (χ2v) is 2.26. The Balaban J connectivity index is 2.36. The molecule has 2 heterocycles. The first-order valence-corrected chi connectivity index (χ1v) is 3.23. The van der Waals surface area contributed by atoms with Crippen LogP contribution in [0.15, 0.2) is 21.2 Å². The number of nitrogens with zero attached hydrogens (tertiary/aromatic N) is 3. The molecule has 0 aromatic heterocycles. The number of allylic oxidation sites excluding steroid dienone is 1. The minimum Gasteiger partial charge on any atom is -0.232 e. The maximum Gasteiger partial charge on any atom is 0.242 e. The van der Waals surface area contributed by atoms with E-state index in [4.69, 9.17) is 11.6 Å². The SMILES string of the molecule is ClC1=CC=NC2=NCNN12. The van der Waals surface area contributed by atoms with Crippen molar-refractivity contribution in [2.75, 3.05) is 6.67 Å². The van der Waals surface area contributed by atoms with Crippen molar-refractivity contribution in [1.82, 2.24) is 10.4 Å². The van der Waals surface area contributed by atoms with Gasteiger partial charge in [0.05, 0.1) is 0 Å². The van der Waals surface area contributed by atoms with Gasteiger partial charge in [-0.3, -0.25) is 0 Å². The molecule has 1 N–H and O–H groups in total. The molecule has 0 bridgehead atoms. The highest BCUT2D eigenvalue weighted by Gasteiger charge is 2.19. The van der Waals surface area contributed by atoms with Crippen LogP contribution in [-0.2, 0) is 0 Å². The van der Waals surface area contributed by atoms with Crippen LogP contribution in [0.5, 0.6) is 0 Å². The fourth-order valence-corrected chi connectivity index (χ4v) is 1.02. The largest absolute Gasteiger partial charge is 0.242 e. The number of hydrogen-bond acceptors (Lipinski definition) is 4. The molecule has 0 atom stereocenters. The highest BCUT2D eigenvalue weighted by atomic mass is 35.5. The zero-order valence-electron chi connectivity index (χ0n) is 5.08. The van der Waals surface area contributed by atoms with E-state index in [0.29, 0.717) is 17.8 Å². The zero-order valence-corrected chi connectivity index (χ0v) is 5.84. The lowest BCUT2D eigenvalue weighted by Crippen LogP contribution is -2.35. The van der Waals surface area contributed by atoms with E-state index in [1.165, 1.54) is 0 Å². The summed E-state index contributed by atoms with van der Waals surface area (Å²) in [7, 11) is 0. The maximum atomic E-state index is 5.77. The smallest absolute Gasteiger partial charge is 0.232 e. The summed E-state index contributed by atoms with van der Waals surface area (Å²) in [6, 6.07) is 0. The lowest BCUT2D eigenvalue weighted by molar-refractivity contribution is 0.436. The number of hydrazine groups is 1. The van der Waals surface area contributed by atoms with Crippen LogP contribution in [-0.4, -0.2) is 23.9 Å². The molecule has 0 unspecified atom stereocenters. The molecule has 2 rings (SSSR count). The van der Waals surface area contributed by atoms with E-state index in [2.05, 4.69) is 15.4 Å². The van der Waals surface area contributed by atoms with Crippen molar-refractivity contribution in [3.63, 3.8) is 0 Å². The highest BCUT2D eigenvalue weighted by molar-refractivity contribution is 6.32. The van der Waals surface area contributed by atoms with E-state index in [9.17, 15) is 0 Å². The number of rotatable bonds is 0. The van der Waals surface area contributed by atoms with Gasteiger partial charge in [-0.1, -0.05) is 11.6 Å². The van der Waals surface area contributed by atoms with Gasteiger partial charge in [-0.05, 0) is 6.08 Å². The fraction of sp³-hybridized carbons (Fsp3) is 0.200. The Hall–Kier alpha value is -0.870. The Labute approximate surface area is 62.9 Å². The monoisotopic (exact) mass is 156 g/mol. The van der Waals surface area contributed by atoms with Gasteiger partial charge in [-0.15, -0.1) is 0 Å². The summed E-state index contributed by atoms with van der Waals surface area (Å²) in [5.41, 5.74) is 2.92. The summed E-state index contributed by atoms with van der Waals surface area (Å²) in [4.78, 5) is 7.99. The molecular formula is C5H5ClN4. The maximum absolute atomic E-state index is 5.77. The van der Waals surface area contributed by atoms with Gasteiger partial charge < -0.3 is 0 Å². The molecule has 0 aromatic rings. The van der Waals surface area contributed by atoms with Gasteiger partial charge in [0.25, 0.3) is 0 Å². The second-order valence-electron chi connectivity index (χ2n) is 1.88. The van der Waals surface area contributed by atoms with E-state index >= 15 is 0 Å². The molecule has 0 saturated carbocycles. The van der Waals surface area contributed by atoms with Crippen LogP contribution >= 0.6 is 11.6 Å². The summed E-state index contributed by atoms with van der Waals surface area (Å²) in [5.74, 6) is 0.632. The van der Waals surface area contributed by atoms with Crippen molar-refractivity contribution >= 4 is 23.8 Å². The summed E-state index contributed by atoms with van der Waals surface area (Å²) >= 11 is 5.77. The predicted octanol–water partition coefficient (Wildman–Crippen LogP) is 0.285. The molecule has 2 aliphatic rings. The van der Waals surface area contributed by atoms with Crippen LogP contribution in [0.3, 0.4) is 0 Å². The van der Waals surface area contributed by atoms with Crippen molar-refractivity contribution in [2.24, 2.45) is 9.98 Å². The molecule has 4 nitrogen and oxygen atoms in total. The third-order valence-electron chi connectivity index (χ3n) is 1.26. The van der Waals surface area contributed by atoms with Gasteiger partial charge in [0.1, 0.15) is 11.8 Å².